The van der Waals surface area contributed by atoms with Gasteiger partial charge in [-0.3, -0.25) is 5.10 Å². The standard InChI is InChI=1S/C22H20F3N5O2/c1-32-21(31)12-4-6-16-15(9-12)19(29-28-16)20-26-17-7-5-14(10-18(17)27-20)30-8-2-3-13(11-30)22(23,24)25/h4-7,9-10,13H,2-3,8,11H2,1H3,(H,26,27)(H,28,29). The fourth-order valence-electron chi connectivity index (χ4n) is 4.22. The third kappa shape index (κ3) is 3.55. The Labute approximate surface area is 180 Å². The number of fused-ring (bicyclic) bond motifs is 2. The Bertz CT molecular complexity index is 1310. The molecule has 3 heterocycles. The fourth-order valence-corrected chi connectivity index (χ4v) is 4.22. The molecule has 2 aromatic carbocycles. The molecule has 0 saturated carbocycles. The first-order valence-electron chi connectivity index (χ1n) is 10.2. The van der Waals surface area contributed by atoms with Gasteiger partial charge < -0.3 is 14.6 Å². The molecule has 166 valence electrons. The van der Waals surface area contributed by atoms with E-state index in [1.54, 1.807) is 35.2 Å². The van der Waals surface area contributed by atoms with Crippen LogP contribution in [0.2, 0.25) is 0 Å². The minimum atomic E-state index is -4.19. The van der Waals surface area contributed by atoms with Crippen LogP contribution in [0.3, 0.4) is 0 Å². The summed E-state index contributed by atoms with van der Waals surface area (Å²) in [5, 5.41) is 7.96. The molecular weight excluding hydrogens is 423 g/mol. The lowest BCUT2D eigenvalue weighted by Crippen LogP contribution is -2.41. The third-order valence-corrected chi connectivity index (χ3v) is 5.92. The number of benzene rings is 2. The van der Waals surface area contributed by atoms with Crippen LogP contribution in [0, 0.1) is 5.92 Å². The SMILES string of the molecule is COC(=O)c1ccc2[nH]nc(-c3nc4ccc(N5CCCC(C(F)(F)F)C5)cc4[nH]3)c2c1. The highest BCUT2D eigenvalue weighted by Gasteiger charge is 2.41. The van der Waals surface area contributed by atoms with Gasteiger partial charge in [0.1, 0.15) is 5.69 Å². The molecule has 1 fully saturated rings. The Morgan fingerprint density at radius 2 is 2.03 bits per heavy atom. The number of carbonyl (C=O) groups excluding carboxylic acids is 1. The zero-order chi connectivity index (χ0) is 22.5. The molecule has 0 amide bonds. The first-order valence-corrected chi connectivity index (χ1v) is 10.2. The van der Waals surface area contributed by atoms with Crippen molar-refractivity contribution in [1.29, 1.82) is 0 Å². The highest BCUT2D eigenvalue weighted by Crippen LogP contribution is 2.35. The van der Waals surface area contributed by atoms with Crippen molar-refractivity contribution in [2.45, 2.75) is 19.0 Å². The van der Waals surface area contributed by atoms with Crippen LogP contribution in [-0.2, 0) is 4.74 Å². The molecule has 2 aromatic heterocycles. The van der Waals surface area contributed by atoms with Crippen molar-refractivity contribution >= 4 is 33.6 Å². The van der Waals surface area contributed by atoms with Crippen molar-refractivity contribution in [2.75, 3.05) is 25.1 Å². The number of carbonyl (C=O) groups is 1. The van der Waals surface area contributed by atoms with Crippen LogP contribution in [-0.4, -0.2) is 52.5 Å². The van der Waals surface area contributed by atoms with E-state index in [-0.39, 0.29) is 13.0 Å². The monoisotopic (exact) mass is 443 g/mol. The van der Waals surface area contributed by atoms with Gasteiger partial charge in [-0.1, -0.05) is 0 Å². The highest BCUT2D eigenvalue weighted by atomic mass is 19.4. The first kappa shape index (κ1) is 20.3. The summed E-state index contributed by atoms with van der Waals surface area (Å²) in [6, 6.07) is 10.5. The number of aromatic amines is 2. The summed E-state index contributed by atoms with van der Waals surface area (Å²) in [5.74, 6) is -1.27. The number of esters is 1. The summed E-state index contributed by atoms with van der Waals surface area (Å²) < 4.78 is 44.4. The van der Waals surface area contributed by atoms with Gasteiger partial charge in [-0.05, 0) is 49.2 Å². The van der Waals surface area contributed by atoms with Gasteiger partial charge in [-0.15, -0.1) is 0 Å². The lowest BCUT2D eigenvalue weighted by atomic mass is 9.97. The average Bonchev–Trinajstić information content (AvgIpc) is 3.40. The van der Waals surface area contributed by atoms with E-state index in [2.05, 4.69) is 20.2 Å². The van der Waals surface area contributed by atoms with Crippen molar-refractivity contribution in [3.8, 4) is 11.5 Å². The third-order valence-electron chi connectivity index (χ3n) is 5.92. The molecule has 7 nitrogen and oxygen atoms in total. The maximum absolute atomic E-state index is 13.2. The molecule has 2 N–H and O–H groups in total. The summed E-state index contributed by atoms with van der Waals surface area (Å²) >= 11 is 0. The second-order valence-corrected chi connectivity index (χ2v) is 7.94. The number of hydrogen-bond acceptors (Lipinski definition) is 5. The number of nitrogens with zero attached hydrogens (tertiary/aromatic N) is 3. The minimum Gasteiger partial charge on any atom is -0.465 e. The van der Waals surface area contributed by atoms with E-state index in [4.69, 9.17) is 4.74 Å². The van der Waals surface area contributed by atoms with Crippen LogP contribution in [0.15, 0.2) is 36.4 Å². The molecule has 5 rings (SSSR count). The fraction of sp³-hybridized carbons (Fsp3) is 0.318. The lowest BCUT2D eigenvalue weighted by molar-refractivity contribution is -0.175. The largest absolute Gasteiger partial charge is 0.465 e. The molecule has 1 aliphatic heterocycles. The van der Waals surface area contributed by atoms with Gasteiger partial charge in [-0.2, -0.15) is 18.3 Å². The molecule has 1 atom stereocenters. The molecule has 1 saturated heterocycles. The zero-order valence-electron chi connectivity index (χ0n) is 17.2. The van der Waals surface area contributed by atoms with Crippen LogP contribution >= 0.6 is 0 Å². The van der Waals surface area contributed by atoms with Gasteiger partial charge in [0, 0.05) is 24.2 Å². The molecule has 4 aromatic rings. The van der Waals surface area contributed by atoms with Gasteiger partial charge in [0.15, 0.2) is 5.82 Å². The van der Waals surface area contributed by atoms with E-state index >= 15 is 0 Å². The minimum absolute atomic E-state index is 0.0453. The number of H-pyrrole nitrogens is 2. The number of nitrogens with one attached hydrogen (secondary N) is 2. The van der Waals surface area contributed by atoms with Crippen LogP contribution in [0.25, 0.3) is 33.5 Å². The summed E-state index contributed by atoms with van der Waals surface area (Å²) in [7, 11) is 1.32. The highest BCUT2D eigenvalue weighted by molar-refractivity contribution is 5.99. The quantitative estimate of drug-likeness (QED) is 0.450. The molecular formula is C22H20F3N5O2. The number of halogens is 3. The maximum Gasteiger partial charge on any atom is 0.393 e. The molecule has 1 unspecified atom stereocenters. The Morgan fingerprint density at radius 1 is 1.19 bits per heavy atom. The van der Waals surface area contributed by atoms with Crippen molar-refractivity contribution in [2.24, 2.45) is 5.92 Å². The van der Waals surface area contributed by atoms with Crippen LogP contribution < -0.4 is 4.90 Å². The average molecular weight is 443 g/mol. The molecule has 0 spiro atoms. The van der Waals surface area contributed by atoms with Crippen LogP contribution in [0.4, 0.5) is 18.9 Å². The Balaban J connectivity index is 1.49. The van der Waals surface area contributed by atoms with E-state index in [1.807, 2.05) is 6.07 Å². The number of ether oxygens (including phenoxy) is 1. The second kappa shape index (κ2) is 7.54. The summed E-state index contributed by atoms with van der Waals surface area (Å²) in [5.41, 5.74) is 3.77. The molecule has 10 heteroatoms. The lowest BCUT2D eigenvalue weighted by Gasteiger charge is -2.35. The van der Waals surface area contributed by atoms with Crippen molar-refractivity contribution < 1.29 is 22.7 Å². The van der Waals surface area contributed by atoms with Gasteiger partial charge in [0.2, 0.25) is 0 Å². The number of hydrogen-bond donors (Lipinski definition) is 2. The number of piperidine rings is 1. The van der Waals surface area contributed by atoms with E-state index in [9.17, 15) is 18.0 Å². The molecule has 0 aliphatic carbocycles. The zero-order valence-corrected chi connectivity index (χ0v) is 17.2. The Morgan fingerprint density at radius 3 is 2.81 bits per heavy atom. The second-order valence-electron chi connectivity index (χ2n) is 7.94. The predicted molar refractivity (Wildman–Crippen MR) is 114 cm³/mol. The number of imidazole rings is 1. The molecule has 1 aliphatic rings. The van der Waals surface area contributed by atoms with Crippen LogP contribution in [0.1, 0.15) is 23.2 Å². The van der Waals surface area contributed by atoms with Crippen LogP contribution in [0.5, 0.6) is 0 Å². The topological polar surface area (TPSA) is 86.9 Å². The van der Waals surface area contributed by atoms with E-state index < -0.39 is 18.1 Å². The summed E-state index contributed by atoms with van der Waals surface area (Å²) in [4.78, 5) is 21.5. The molecule has 0 radical (unpaired) electrons. The van der Waals surface area contributed by atoms with E-state index in [0.717, 1.165) is 11.2 Å². The number of alkyl halides is 3. The smallest absolute Gasteiger partial charge is 0.393 e. The van der Waals surface area contributed by atoms with Crippen molar-refractivity contribution in [3.05, 3.63) is 42.0 Å². The Hall–Kier alpha value is -3.56. The molecule has 0 bridgehead atoms. The number of anilines is 1. The van der Waals surface area contributed by atoms with E-state index in [0.29, 0.717) is 46.5 Å². The summed E-state index contributed by atoms with van der Waals surface area (Å²) in [6.45, 7) is 0.537. The number of aromatic nitrogens is 4. The first-order chi connectivity index (χ1) is 15.3. The van der Waals surface area contributed by atoms with Gasteiger partial charge in [0.25, 0.3) is 0 Å². The Kier molecular flexibility index (Phi) is 4.79. The normalized spacial score (nSPS) is 17.2. The van der Waals surface area contributed by atoms with Crippen molar-refractivity contribution in [1.82, 2.24) is 20.2 Å². The predicted octanol–water partition coefficient (Wildman–Crippen LogP) is 4.67. The number of methoxy groups -OCH3 is 1. The summed E-state index contributed by atoms with van der Waals surface area (Å²) in [6.07, 6.45) is -3.53. The van der Waals surface area contributed by atoms with Gasteiger partial charge in [-0.25, -0.2) is 9.78 Å². The van der Waals surface area contributed by atoms with Gasteiger partial charge in [0.05, 0.1) is 35.1 Å². The molecule has 32 heavy (non-hydrogen) atoms. The van der Waals surface area contributed by atoms with Crippen molar-refractivity contribution in [3.63, 3.8) is 0 Å². The van der Waals surface area contributed by atoms with Gasteiger partial charge >= 0.3 is 12.1 Å². The van der Waals surface area contributed by atoms with E-state index in [1.165, 1.54) is 7.11 Å². The maximum atomic E-state index is 13.2. The number of rotatable bonds is 3.